The van der Waals surface area contributed by atoms with Crippen molar-refractivity contribution in [1.82, 2.24) is 4.90 Å². The van der Waals surface area contributed by atoms with Crippen LogP contribution in [0.2, 0.25) is 0 Å². The van der Waals surface area contributed by atoms with Gasteiger partial charge in [-0.15, -0.1) is 0 Å². The van der Waals surface area contributed by atoms with E-state index in [9.17, 15) is 4.79 Å². The minimum absolute atomic E-state index is 0.395. The third-order valence-corrected chi connectivity index (χ3v) is 7.18. The summed E-state index contributed by atoms with van der Waals surface area (Å²) >= 11 is 0. The average Bonchev–Trinajstić information content (AvgIpc) is 2.94. The summed E-state index contributed by atoms with van der Waals surface area (Å²) in [6, 6.07) is 0. The highest BCUT2D eigenvalue weighted by Gasteiger charge is 2.71. The Labute approximate surface area is 108 Å². The van der Waals surface area contributed by atoms with Crippen molar-refractivity contribution in [3.63, 3.8) is 0 Å². The topological polar surface area (TPSA) is 20.3 Å². The highest BCUT2D eigenvalue weighted by molar-refractivity contribution is 5.82. The van der Waals surface area contributed by atoms with Gasteiger partial charge >= 0.3 is 0 Å². The van der Waals surface area contributed by atoms with E-state index < -0.39 is 0 Å². The Hall–Kier alpha value is -0.790. The lowest BCUT2D eigenvalue weighted by Crippen LogP contribution is -2.52. The van der Waals surface area contributed by atoms with Crippen molar-refractivity contribution in [3.8, 4) is 0 Å². The highest BCUT2D eigenvalue weighted by Crippen LogP contribution is 2.75. The summed E-state index contributed by atoms with van der Waals surface area (Å²) in [5.41, 5.74) is 2.10. The van der Waals surface area contributed by atoms with Crippen LogP contribution in [0.5, 0.6) is 0 Å². The summed E-state index contributed by atoms with van der Waals surface area (Å²) in [7, 11) is 2.01. The van der Waals surface area contributed by atoms with E-state index in [4.69, 9.17) is 0 Å². The van der Waals surface area contributed by atoms with E-state index in [-0.39, 0.29) is 0 Å². The van der Waals surface area contributed by atoms with Crippen LogP contribution in [0, 0.1) is 35.0 Å². The number of fused-ring (bicyclic) bond motifs is 5. The van der Waals surface area contributed by atoms with Gasteiger partial charge < -0.3 is 4.90 Å². The molecule has 4 aliphatic carbocycles. The van der Waals surface area contributed by atoms with Crippen molar-refractivity contribution in [3.05, 3.63) is 11.6 Å². The molecule has 96 valence electrons. The predicted molar refractivity (Wildman–Crippen MR) is 68.7 cm³/mol. The fraction of sp³-hybridized carbons (Fsp3) is 0.812. The smallest absolute Gasteiger partial charge is 0.226 e. The van der Waals surface area contributed by atoms with Crippen LogP contribution in [0.4, 0.5) is 0 Å². The maximum atomic E-state index is 12.7. The van der Waals surface area contributed by atoms with E-state index in [0.717, 1.165) is 30.2 Å². The third kappa shape index (κ3) is 0.876. The highest BCUT2D eigenvalue weighted by atomic mass is 16.2. The Balaban J connectivity index is 1.67. The van der Waals surface area contributed by atoms with Crippen molar-refractivity contribution in [2.45, 2.75) is 32.1 Å². The third-order valence-electron chi connectivity index (χ3n) is 7.18. The van der Waals surface area contributed by atoms with E-state index >= 15 is 0 Å². The normalized spacial score (nSPS) is 55.8. The molecule has 0 aromatic rings. The summed E-state index contributed by atoms with van der Waals surface area (Å²) < 4.78 is 0. The minimum atomic E-state index is 0.395. The molecule has 1 heterocycles. The molecule has 5 aliphatic rings. The number of hydrogen-bond acceptors (Lipinski definition) is 1. The number of carbonyl (C=O) groups is 1. The molecule has 4 bridgehead atoms. The molecule has 0 N–H and O–H groups in total. The van der Waals surface area contributed by atoms with E-state index in [1.807, 2.05) is 11.9 Å². The number of piperidine rings is 1. The first-order valence-electron chi connectivity index (χ1n) is 7.63. The van der Waals surface area contributed by atoms with Gasteiger partial charge in [-0.25, -0.2) is 0 Å². The lowest BCUT2D eigenvalue weighted by molar-refractivity contribution is -0.148. The molecule has 0 aromatic carbocycles. The quantitative estimate of drug-likeness (QED) is 0.598. The molecule has 3 saturated carbocycles. The SMILES string of the molecule is CN1CCC2C3CC4(CC5=CCC3C4C5)C2C1=O. The number of carbonyl (C=O) groups excluding carboxylic acids is 1. The monoisotopic (exact) mass is 243 g/mol. The van der Waals surface area contributed by atoms with Crippen molar-refractivity contribution in [2.75, 3.05) is 13.6 Å². The first kappa shape index (κ1) is 10.1. The Morgan fingerprint density at radius 1 is 1.33 bits per heavy atom. The maximum Gasteiger partial charge on any atom is 0.226 e. The van der Waals surface area contributed by atoms with Crippen molar-refractivity contribution < 1.29 is 4.79 Å². The summed E-state index contributed by atoms with van der Waals surface area (Å²) in [5, 5.41) is 0. The lowest BCUT2D eigenvalue weighted by atomic mass is 9.59. The van der Waals surface area contributed by atoms with Gasteiger partial charge in [0.1, 0.15) is 0 Å². The fourth-order valence-electron chi connectivity index (χ4n) is 6.71. The second-order valence-electron chi connectivity index (χ2n) is 7.54. The van der Waals surface area contributed by atoms with Crippen molar-refractivity contribution in [1.29, 1.82) is 0 Å². The molecule has 1 amide bonds. The van der Waals surface area contributed by atoms with Gasteiger partial charge in [0.25, 0.3) is 0 Å². The van der Waals surface area contributed by atoms with Gasteiger partial charge in [-0.3, -0.25) is 4.79 Å². The van der Waals surface area contributed by atoms with E-state index in [1.54, 1.807) is 5.57 Å². The molecule has 2 nitrogen and oxygen atoms in total. The number of rotatable bonds is 0. The minimum Gasteiger partial charge on any atom is -0.345 e. The van der Waals surface area contributed by atoms with Crippen LogP contribution in [0.25, 0.3) is 0 Å². The molecular formula is C16H21NO. The average molecular weight is 243 g/mol. The molecule has 1 saturated heterocycles. The largest absolute Gasteiger partial charge is 0.345 e. The fourth-order valence-corrected chi connectivity index (χ4v) is 6.71. The van der Waals surface area contributed by atoms with Crippen molar-refractivity contribution in [2.24, 2.45) is 35.0 Å². The molecule has 1 aliphatic heterocycles. The van der Waals surface area contributed by atoms with Crippen molar-refractivity contribution >= 4 is 5.91 Å². The van der Waals surface area contributed by atoms with Crippen LogP contribution in [0.15, 0.2) is 11.6 Å². The number of hydrogen-bond donors (Lipinski definition) is 0. The number of likely N-dealkylation sites (tertiary alicyclic amines) is 1. The van der Waals surface area contributed by atoms with Gasteiger partial charge in [0.05, 0.1) is 0 Å². The Morgan fingerprint density at radius 3 is 3.11 bits per heavy atom. The Bertz CT molecular complexity index is 481. The number of allylic oxidation sites excluding steroid dienone is 2. The van der Waals surface area contributed by atoms with Gasteiger partial charge in [0.15, 0.2) is 0 Å². The van der Waals surface area contributed by atoms with Crippen LogP contribution in [-0.4, -0.2) is 24.4 Å². The molecule has 0 radical (unpaired) electrons. The molecule has 0 aromatic heterocycles. The molecule has 6 atom stereocenters. The summed E-state index contributed by atoms with van der Waals surface area (Å²) in [5.74, 6) is 4.32. The first-order chi connectivity index (χ1) is 8.71. The van der Waals surface area contributed by atoms with Gasteiger partial charge in [-0.1, -0.05) is 11.6 Å². The lowest BCUT2D eigenvalue weighted by Gasteiger charge is -2.48. The van der Waals surface area contributed by atoms with Gasteiger partial charge in [-0.2, -0.15) is 0 Å². The van der Waals surface area contributed by atoms with E-state index in [1.165, 1.54) is 32.1 Å². The predicted octanol–water partition coefficient (Wildman–Crippen LogP) is 2.46. The summed E-state index contributed by atoms with van der Waals surface area (Å²) in [6.45, 7) is 1.00. The second kappa shape index (κ2) is 2.86. The molecule has 2 heteroatoms. The van der Waals surface area contributed by atoms with E-state index in [2.05, 4.69) is 6.08 Å². The summed E-state index contributed by atoms with van der Waals surface area (Å²) in [6.07, 6.45) is 9.12. The molecule has 1 spiro atoms. The number of amides is 1. The molecule has 6 unspecified atom stereocenters. The second-order valence-corrected chi connectivity index (χ2v) is 7.54. The van der Waals surface area contributed by atoms with Gasteiger partial charge in [0, 0.05) is 19.5 Å². The van der Waals surface area contributed by atoms with Crippen LogP contribution in [-0.2, 0) is 4.79 Å². The van der Waals surface area contributed by atoms with Gasteiger partial charge in [0.2, 0.25) is 5.91 Å². The summed E-state index contributed by atoms with van der Waals surface area (Å²) in [4.78, 5) is 14.7. The number of nitrogens with zero attached hydrogens (tertiary/aromatic N) is 1. The van der Waals surface area contributed by atoms with E-state index in [0.29, 0.717) is 17.2 Å². The Kier molecular flexibility index (Phi) is 1.60. The zero-order valence-electron chi connectivity index (χ0n) is 11.1. The zero-order valence-corrected chi connectivity index (χ0v) is 11.1. The zero-order chi connectivity index (χ0) is 12.1. The first-order valence-corrected chi connectivity index (χ1v) is 7.63. The Morgan fingerprint density at radius 2 is 2.22 bits per heavy atom. The van der Waals surface area contributed by atoms with Crippen LogP contribution >= 0.6 is 0 Å². The standard InChI is InChI=1S/C16H21NO/c1-17-5-4-11-12-8-16(14(11)15(17)18)7-9-2-3-10(12)13(16)6-9/h2,10-14H,3-8H2,1H3. The molecule has 5 rings (SSSR count). The molecular weight excluding hydrogens is 222 g/mol. The van der Waals surface area contributed by atoms with Gasteiger partial charge in [-0.05, 0) is 61.2 Å². The van der Waals surface area contributed by atoms with Crippen LogP contribution < -0.4 is 0 Å². The van der Waals surface area contributed by atoms with Crippen LogP contribution in [0.1, 0.15) is 32.1 Å². The maximum absolute atomic E-state index is 12.7. The molecule has 18 heavy (non-hydrogen) atoms. The van der Waals surface area contributed by atoms with Crippen LogP contribution in [0.3, 0.4) is 0 Å². The molecule has 4 fully saturated rings.